The maximum Gasteiger partial charge on any atom is 0.339 e. The van der Waals surface area contributed by atoms with Gasteiger partial charge >= 0.3 is 5.97 Å². The molecule has 106 valence electrons. The second-order valence-corrected chi connectivity index (χ2v) is 4.34. The van der Waals surface area contributed by atoms with Gasteiger partial charge in [0.25, 0.3) is 0 Å². The molecule has 0 aliphatic heterocycles. The number of hydrogen-bond acceptors (Lipinski definition) is 4. The Morgan fingerprint density at radius 1 is 1.50 bits per heavy atom. The average molecular weight is 297 g/mol. The summed E-state index contributed by atoms with van der Waals surface area (Å²) in [6.45, 7) is 0.762. The summed E-state index contributed by atoms with van der Waals surface area (Å²) in [7, 11) is 1.43. The van der Waals surface area contributed by atoms with Gasteiger partial charge in [-0.2, -0.15) is 5.10 Å². The molecule has 6 nitrogen and oxygen atoms in total. The summed E-state index contributed by atoms with van der Waals surface area (Å²) in [5.74, 6) is -0.674. The molecule has 0 saturated carbocycles. The van der Waals surface area contributed by atoms with Crippen LogP contribution in [-0.4, -0.2) is 34.6 Å². The topological polar surface area (TPSA) is 73.6 Å². The van der Waals surface area contributed by atoms with Crippen LogP contribution in [0.3, 0.4) is 0 Å². The Hall–Kier alpha value is -2.21. The van der Waals surface area contributed by atoms with Crippen LogP contribution < -0.4 is 9.47 Å². The fourth-order valence-electron chi connectivity index (χ4n) is 1.70. The lowest BCUT2D eigenvalue weighted by Gasteiger charge is -2.13. The molecular formula is C13H13ClN2O4. The van der Waals surface area contributed by atoms with Gasteiger partial charge in [0.1, 0.15) is 12.2 Å². The molecule has 0 saturated heterocycles. The highest BCUT2D eigenvalue weighted by atomic mass is 35.5. The minimum absolute atomic E-state index is 0.0326. The molecule has 0 spiro atoms. The van der Waals surface area contributed by atoms with Crippen molar-refractivity contribution >= 4 is 17.6 Å². The zero-order chi connectivity index (χ0) is 14.5. The van der Waals surface area contributed by atoms with Gasteiger partial charge in [-0.25, -0.2) is 4.79 Å². The van der Waals surface area contributed by atoms with Gasteiger partial charge in [-0.3, -0.25) is 4.68 Å². The lowest BCUT2D eigenvalue weighted by atomic mass is 10.2. The number of halogens is 1. The number of aromatic carboxylic acids is 1. The fraction of sp³-hybridized carbons (Fsp3) is 0.231. The maximum absolute atomic E-state index is 11.2. The first-order valence-corrected chi connectivity index (χ1v) is 6.20. The summed E-state index contributed by atoms with van der Waals surface area (Å²) in [4.78, 5) is 11.2. The summed E-state index contributed by atoms with van der Waals surface area (Å²) < 4.78 is 12.3. The van der Waals surface area contributed by atoms with E-state index in [2.05, 4.69) is 5.10 Å². The number of methoxy groups -OCH3 is 1. The molecule has 0 unspecified atom stereocenters. The highest BCUT2D eigenvalue weighted by Gasteiger charge is 2.18. The van der Waals surface area contributed by atoms with Gasteiger partial charge in [0.05, 0.1) is 13.7 Å². The second kappa shape index (κ2) is 6.29. The van der Waals surface area contributed by atoms with Gasteiger partial charge in [0, 0.05) is 23.5 Å². The molecular weight excluding hydrogens is 284 g/mol. The molecule has 1 N–H and O–H groups in total. The van der Waals surface area contributed by atoms with Crippen LogP contribution in [0.25, 0.3) is 0 Å². The number of carboxylic acid groups (broad SMARTS) is 1. The summed E-state index contributed by atoms with van der Waals surface area (Å²) in [5.41, 5.74) is -0.0326. The van der Waals surface area contributed by atoms with Gasteiger partial charge in [-0.1, -0.05) is 11.6 Å². The van der Waals surface area contributed by atoms with E-state index in [0.717, 1.165) is 0 Å². The van der Waals surface area contributed by atoms with Crippen molar-refractivity contribution in [2.75, 3.05) is 13.7 Å². The Morgan fingerprint density at radius 3 is 2.90 bits per heavy atom. The molecule has 1 aromatic heterocycles. The third kappa shape index (κ3) is 3.21. The van der Waals surface area contributed by atoms with Crippen LogP contribution in [0.2, 0.25) is 5.02 Å². The number of carbonyl (C=O) groups is 1. The summed E-state index contributed by atoms with van der Waals surface area (Å²) in [5, 5.41) is 13.5. The molecule has 0 fully saturated rings. The van der Waals surface area contributed by atoms with E-state index in [9.17, 15) is 9.90 Å². The smallest absolute Gasteiger partial charge is 0.339 e. The van der Waals surface area contributed by atoms with E-state index in [-0.39, 0.29) is 28.7 Å². The molecule has 2 aromatic rings. The first-order valence-electron chi connectivity index (χ1n) is 5.83. The number of hydrogen-bond donors (Lipinski definition) is 1. The van der Waals surface area contributed by atoms with Crippen LogP contribution in [0.1, 0.15) is 10.4 Å². The van der Waals surface area contributed by atoms with Crippen molar-refractivity contribution in [2.24, 2.45) is 0 Å². The number of benzene rings is 1. The Labute approximate surface area is 120 Å². The van der Waals surface area contributed by atoms with E-state index in [0.29, 0.717) is 6.54 Å². The van der Waals surface area contributed by atoms with Gasteiger partial charge in [0.2, 0.25) is 0 Å². The standard InChI is InChI=1S/C13H13ClN2O4/c1-19-11-8-9(14)7-10(13(17)18)12(11)20-6-5-16-4-2-3-15-16/h2-4,7-8H,5-6H2,1H3,(H,17,18). The van der Waals surface area contributed by atoms with Crippen molar-refractivity contribution in [3.05, 3.63) is 41.2 Å². The fourth-order valence-corrected chi connectivity index (χ4v) is 1.91. The predicted molar refractivity (Wildman–Crippen MR) is 72.7 cm³/mol. The van der Waals surface area contributed by atoms with E-state index in [1.807, 2.05) is 0 Å². The number of nitrogens with zero attached hydrogens (tertiary/aromatic N) is 2. The van der Waals surface area contributed by atoms with Crippen molar-refractivity contribution < 1.29 is 19.4 Å². The van der Waals surface area contributed by atoms with E-state index in [1.165, 1.54) is 19.2 Å². The van der Waals surface area contributed by atoms with Gasteiger partial charge < -0.3 is 14.6 Å². The molecule has 7 heteroatoms. The van der Waals surface area contributed by atoms with E-state index >= 15 is 0 Å². The van der Waals surface area contributed by atoms with Crippen LogP contribution in [0.5, 0.6) is 11.5 Å². The molecule has 0 aliphatic rings. The summed E-state index contributed by atoms with van der Waals surface area (Å²) >= 11 is 5.85. The molecule has 1 heterocycles. The van der Waals surface area contributed by atoms with Crippen molar-refractivity contribution in [3.63, 3.8) is 0 Å². The first-order chi connectivity index (χ1) is 9.61. The van der Waals surface area contributed by atoms with Gasteiger partial charge in [-0.15, -0.1) is 0 Å². The van der Waals surface area contributed by atoms with Crippen molar-refractivity contribution in [1.82, 2.24) is 9.78 Å². The monoisotopic (exact) mass is 296 g/mol. The van der Waals surface area contributed by atoms with Crippen LogP contribution >= 0.6 is 11.6 Å². The summed E-state index contributed by atoms with van der Waals surface area (Å²) in [6.07, 6.45) is 3.45. The molecule has 0 bridgehead atoms. The van der Waals surface area contributed by atoms with E-state index < -0.39 is 5.97 Å². The van der Waals surface area contributed by atoms with Crippen LogP contribution in [-0.2, 0) is 6.54 Å². The Morgan fingerprint density at radius 2 is 2.30 bits per heavy atom. The zero-order valence-electron chi connectivity index (χ0n) is 10.7. The molecule has 0 aliphatic carbocycles. The lowest BCUT2D eigenvalue weighted by molar-refractivity contribution is 0.0691. The van der Waals surface area contributed by atoms with Crippen molar-refractivity contribution in [2.45, 2.75) is 6.54 Å². The highest BCUT2D eigenvalue weighted by molar-refractivity contribution is 6.31. The average Bonchev–Trinajstić information content (AvgIpc) is 2.92. The number of ether oxygens (including phenoxy) is 2. The third-order valence-electron chi connectivity index (χ3n) is 2.60. The predicted octanol–water partition coefficient (Wildman–Crippen LogP) is 2.32. The first kappa shape index (κ1) is 14.2. The largest absolute Gasteiger partial charge is 0.493 e. The summed E-state index contributed by atoms with van der Waals surface area (Å²) in [6, 6.07) is 4.64. The quantitative estimate of drug-likeness (QED) is 0.885. The lowest BCUT2D eigenvalue weighted by Crippen LogP contribution is -2.11. The van der Waals surface area contributed by atoms with Crippen molar-refractivity contribution in [1.29, 1.82) is 0 Å². The van der Waals surface area contributed by atoms with E-state index in [4.69, 9.17) is 21.1 Å². The molecule has 0 atom stereocenters. The molecule has 20 heavy (non-hydrogen) atoms. The second-order valence-electron chi connectivity index (χ2n) is 3.91. The number of rotatable bonds is 6. The molecule has 2 rings (SSSR count). The van der Waals surface area contributed by atoms with Crippen LogP contribution in [0.4, 0.5) is 0 Å². The Bertz CT molecular complexity index is 599. The maximum atomic E-state index is 11.2. The number of aromatic nitrogens is 2. The highest BCUT2D eigenvalue weighted by Crippen LogP contribution is 2.34. The third-order valence-corrected chi connectivity index (χ3v) is 2.81. The SMILES string of the molecule is COc1cc(Cl)cc(C(=O)O)c1OCCn1cccn1. The Balaban J connectivity index is 2.18. The normalized spacial score (nSPS) is 10.3. The van der Waals surface area contributed by atoms with Crippen LogP contribution in [0.15, 0.2) is 30.6 Å². The van der Waals surface area contributed by atoms with E-state index in [1.54, 1.807) is 23.1 Å². The van der Waals surface area contributed by atoms with Gasteiger partial charge in [0.15, 0.2) is 11.5 Å². The Kier molecular flexibility index (Phi) is 4.47. The minimum atomic E-state index is -1.13. The molecule has 0 radical (unpaired) electrons. The van der Waals surface area contributed by atoms with Gasteiger partial charge in [-0.05, 0) is 12.1 Å². The van der Waals surface area contributed by atoms with Crippen molar-refractivity contribution in [3.8, 4) is 11.5 Å². The minimum Gasteiger partial charge on any atom is -0.493 e. The number of carboxylic acids is 1. The van der Waals surface area contributed by atoms with Crippen LogP contribution in [0, 0.1) is 0 Å². The molecule has 0 amide bonds. The zero-order valence-corrected chi connectivity index (χ0v) is 11.5. The molecule has 1 aromatic carbocycles.